The van der Waals surface area contributed by atoms with Gasteiger partial charge < -0.3 is 10.2 Å². The Kier molecular flexibility index (Phi) is 4.81. The number of anilines is 1. The molecule has 1 aromatic heterocycles. The Bertz CT molecular complexity index is 424. The summed E-state index contributed by atoms with van der Waals surface area (Å²) in [6, 6.07) is 2.19. The monoisotopic (exact) mass is 261 g/mol. The van der Waals surface area contributed by atoms with Crippen LogP contribution in [0.25, 0.3) is 0 Å². The Hall–Kier alpha value is -1.09. The summed E-state index contributed by atoms with van der Waals surface area (Å²) in [5.74, 6) is 2.08. The zero-order valence-electron chi connectivity index (χ0n) is 12.8. The highest BCUT2D eigenvalue weighted by Crippen LogP contribution is 2.30. The lowest BCUT2D eigenvalue weighted by Crippen LogP contribution is -2.34. The summed E-state index contributed by atoms with van der Waals surface area (Å²) in [4.78, 5) is 7.29. The van der Waals surface area contributed by atoms with Crippen LogP contribution in [0.4, 0.5) is 5.82 Å². The number of hydrogen-bond acceptors (Lipinski definition) is 3. The van der Waals surface area contributed by atoms with Gasteiger partial charge in [0, 0.05) is 30.9 Å². The van der Waals surface area contributed by atoms with Crippen LogP contribution in [0.1, 0.15) is 43.0 Å². The van der Waals surface area contributed by atoms with Crippen molar-refractivity contribution < 1.29 is 0 Å². The zero-order chi connectivity index (χ0) is 13.8. The molecule has 1 fully saturated rings. The highest BCUT2D eigenvalue weighted by atomic mass is 15.2. The molecule has 0 atom stereocenters. The average Bonchev–Trinajstić information content (AvgIpc) is 2.32. The van der Waals surface area contributed by atoms with E-state index in [1.165, 1.54) is 42.8 Å². The fourth-order valence-corrected chi connectivity index (χ4v) is 2.85. The van der Waals surface area contributed by atoms with E-state index >= 15 is 0 Å². The molecule has 1 aromatic rings. The Morgan fingerprint density at radius 1 is 1.37 bits per heavy atom. The van der Waals surface area contributed by atoms with Crippen LogP contribution in [-0.2, 0) is 6.54 Å². The molecule has 0 unspecified atom stereocenters. The molecule has 2 rings (SSSR count). The quantitative estimate of drug-likeness (QED) is 0.853. The second kappa shape index (κ2) is 6.38. The molecule has 0 aliphatic heterocycles. The van der Waals surface area contributed by atoms with E-state index in [-0.39, 0.29) is 0 Å². The number of pyridine rings is 1. The molecule has 0 bridgehead atoms. The number of aromatic nitrogens is 1. The molecule has 106 valence electrons. The Balaban J connectivity index is 2.27. The maximum atomic E-state index is 4.82. The Labute approximate surface area is 117 Å². The van der Waals surface area contributed by atoms with E-state index in [4.69, 9.17) is 4.98 Å². The van der Waals surface area contributed by atoms with Crippen molar-refractivity contribution >= 4 is 5.82 Å². The maximum Gasteiger partial charge on any atom is 0.133 e. The van der Waals surface area contributed by atoms with Gasteiger partial charge in [-0.25, -0.2) is 4.98 Å². The molecule has 0 radical (unpaired) electrons. The van der Waals surface area contributed by atoms with Crippen molar-refractivity contribution in [2.75, 3.05) is 25.0 Å². The molecule has 1 aliphatic carbocycles. The topological polar surface area (TPSA) is 28.2 Å². The summed E-state index contributed by atoms with van der Waals surface area (Å²) in [6.45, 7) is 9.64. The third-order valence-corrected chi connectivity index (χ3v) is 4.19. The van der Waals surface area contributed by atoms with Gasteiger partial charge in [-0.1, -0.05) is 6.42 Å². The first-order chi connectivity index (χ1) is 9.15. The summed E-state index contributed by atoms with van der Waals surface area (Å²) in [6.07, 6.45) is 4.19. The largest absolute Gasteiger partial charge is 0.356 e. The van der Waals surface area contributed by atoms with Crippen molar-refractivity contribution in [1.82, 2.24) is 10.3 Å². The summed E-state index contributed by atoms with van der Waals surface area (Å²) in [5, 5.41) is 3.28. The van der Waals surface area contributed by atoms with Gasteiger partial charge in [-0.3, -0.25) is 0 Å². The lowest BCUT2D eigenvalue weighted by Gasteiger charge is -2.34. The van der Waals surface area contributed by atoms with Gasteiger partial charge in [0.05, 0.1) is 0 Å². The summed E-state index contributed by atoms with van der Waals surface area (Å²) < 4.78 is 0. The second-order valence-corrected chi connectivity index (χ2v) is 5.75. The van der Waals surface area contributed by atoms with Crippen molar-refractivity contribution in [2.45, 2.75) is 46.6 Å². The highest BCUT2D eigenvalue weighted by Gasteiger charge is 2.22. The second-order valence-electron chi connectivity index (χ2n) is 5.75. The normalized spacial score (nSPS) is 15.4. The summed E-state index contributed by atoms with van der Waals surface area (Å²) >= 11 is 0. The van der Waals surface area contributed by atoms with Crippen LogP contribution >= 0.6 is 0 Å². The van der Waals surface area contributed by atoms with E-state index in [0.29, 0.717) is 0 Å². The molecule has 3 nitrogen and oxygen atoms in total. The van der Waals surface area contributed by atoms with Gasteiger partial charge in [-0.15, -0.1) is 0 Å². The van der Waals surface area contributed by atoms with Crippen LogP contribution in [0, 0.1) is 19.8 Å². The lowest BCUT2D eigenvalue weighted by atomic mass is 9.85. The predicted molar refractivity (Wildman–Crippen MR) is 81.7 cm³/mol. The molecule has 1 saturated carbocycles. The summed E-state index contributed by atoms with van der Waals surface area (Å²) in [5.41, 5.74) is 3.83. The van der Waals surface area contributed by atoms with E-state index in [9.17, 15) is 0 Å². The molecule has 0 saturated heterocycles. The van der Waals surface area contributed by atoms with Crippen molar-refractivity contribution in [3.05, 3.63) is 22.9 Å². The van der Waals surface area contributed by atoms with Crippen LogP contribution < -0.4 is 10.2 Å². The third kappa shape index (κ3) is 3.27. The molecule has 19 heavy (non-hydrogen) atoms. The van der Waals surface area contributed by atoms with Gasteiger partial charge in [0.15, 0.2) is 0 Å². The van der Waals surface area contributed by atoms with Crippen LogP contribution in [0.15, 0.2) is 6.07 Å². The van der Waals surface area contributed by atoms with E-state index in [0.717, 1.165) is 24.7 Å². The van der Waals surface area contributed by atoms with E-state index in [1.54, 1.807) is 0 Å². The van der Waals surface area contributed by atoms with E-state index < -0.39 is 0 Å². The molecule has 1 N–H and O–H groups in total. The van der Waals surface area contributed by atoms with Crippen molar-refractivity contribution in [3.63, 3.8) is 0 Å². The first-order valence-electron chi connectivity index (χ1n) is 7.52. The van der Waals surface area contributed by atoms with Gasteiger partial charge >= 0.3 is 0 Å². The highest BCUT2D eigenvalue weighted by molar-refractivity contribution is 5.51. The maximum absolute atomic E-state index is 4.82. The van der Waals surface area contributed by atoms with Crippen LogP contribution in [0.3, 0.4) is 0 Å². The van der Waals surface area contributed by atoms with E-state index in [2.05, 4.69) is 37.1 Å². The van der Waals surface area contributed by atoms with Crippen LogP contribution in [0.5, 0.6) is 0 Å². The molecule has 1 aliphatic rings. The van der Waals surface area contributed by atoms with Crippen LogP contribution in [-0.4, -0.2) is 25.1 Å². The SMILES string of the molecule is CCN(CC1CCC1)c1nc(C)cc(C)c1CNC. The molecular formula is C16H27N3. The minimum Gasteiger partial charge on any atom is -0.356 e. The Morgan fingerprint density at radius 2 is 2.11 bits per heavy atom. The van der Waals surface area contributed by atoms with E-state index in [1.807, 2.05) is 7.05 Å². The lowest BCUT2D eigenvalue weighted by molar-refractivity contribution is 0.318. The summed E-state index contributed by atoms with van der Waals surface area (Å²) in [7, 11) is 2.01. The van der Waals surface area contributed by atoms with Gasteiger partial charge in [-0.2, -0.15) is 0 Å². The van der Waals surface area contributed by atoms with Gasteiger partial charge in [-0.05, 0) is 58.2 Å². The molecule has 0 amide bonds. The van der Waals surface area contributed by atoms with Crippen molar-refractivity contribution in [1.29, 1.82) is 0 Å². The first-order valence-corrected chi connectivity index (χ1v) is 7.52. The molecule has 0 aromatic carbocycles. The molecule has 1 heterocycles. The predicted octanol–water partition coefficient (Wildman–Crippen LogP) is 3.04. The molecule has 0 spiro atoms. The first kappa shape index (κ1) is 14.3. The number of rotatable bonds is 6. The standard InChI is InChI=1S/C16H27N3/c1-5-19(11-14-7-6-8-14)16-15(10-17-4)12(2)9-13(3)18-16/h9,14,17H,5-8,10-11H2,1-4H3. The van der Waals surface area contributed by atoms with Crippen molar-refractivity contribution in [3.8, 4) is 0 Å². The van der Waals surface area contributed by atoms with Gasteiger partial charge in [0.1, 0.15) is 5.82 Å². The average molecular weight is 261 g/mol. The number of hydrogen-bond donors (Lipinski definition) is 1. The van der Waals surface area contributed by atoms with Gasteiger partial charge in [0.25, 0.3) is 0 Å². The molecule has 3 heteroatoms. The third-order valence-electron chi connectivity index (χ3n) is 4.19. The fraction of sp³-hybridized carbons (Fsp3) is 0.688. The number of nitrogens with one attached hydrogen (secondary N) is 1. The Morgan fingerprint density at radius 3 is 2.63 bits per heavy atom. The van der Waals surface area contributed by atoms with Crippen molar-refractivity contribution in [2.24, 2.45) is 5.92 Å². The zero-order valence-corrected chi connectivity index (χ0v) is 12.8. The smallest absolute Gasteiger partial charge is 0.133 e. The number of nitrogens with zero attached hydrogens (tertiary/aromatic N) is 2. The minimum atomic E-state index is 0.880. The van der Waals surface area contributed by atoms with Gasteiger partial charge in [0.2, 0.25) is 0 Å². The fourth-order valence-electron chi connectivity index (χ4n) is 2.85. The molecular weight excluding hydrogens is 234 g/mol. The number of aryl methyl sites for hydroxylation is 2. The van der Waals surface area contributed by atoms with Crippen LogP contribution in [0.2, 0.25) is 0 Å². The minimum absolute atomic E-state index is 0.880.